The van der Waals surface area contributed by atoms with Gasteiger partial charge in [-0.05, 0) is 20.8 Å². The van der Waals surface area contributed by atoms with E-state index in [0.717, 1.165) is 5.56 Å². The van der Waals surface area contributed by atoms with Gasteiger partial charge in [-0.15, -0.1) is 5.10 Å². The molecule has 0 bridgehead atoms. The Balaban J connectivity index is 1.47. The standard InChI is InChI=1S/C18H24N8O3/c1-18(2,3)29-17(27)25-5-6-28-13(10-25)11-26-16-15(22-23-26)21-14(8-19-16)12-7-20-24(4)9-12/h7-9,13H,5-6,10-11H2,1-4H3/t13-/m0/s1. The van der Waals surface area contributed by atoms with Crippen molar-refractivity contribution in [2.45, 2.75) is 39.0 Å². The van der Waals surface area contributed by atoms with Gasteiger partial charge in [-0.1, -0.05) is 5.21 Å². The molecule has 154 valence electrons. The number of carbonyl (C=O) groups is 1. The fourth-order valence-corrected chi connectivity index (χ4v) is 3.09. The monoisotopic (exact) mass is 400 g/mol. The Kier molecular flexibility index (Phi) is 4.91. The summed E-state index contributed by atoms with van der Waals surface area (Å²) in [6, 6.07) is 0. The van der Waals surface area contributed by atoms with E-state index in [0.29, 0.717) is 43.2 Å². The van der Waals surface area contributed by atoms with E-state index in [1.807, 2.05) is 34.0 Å². The van der Waals surface area contributed by atoms with E-state index >= 15 is 0 Å². The minimum atomic E-state index is -0.533. The van der Waals surface area contributed by atoms with Crippen LogP contribution >= 0.6 is 0 Å². The van der Waals surface area contributed by atoms with Crippen LogP contribution in [0.2, 0.25) is 0 Å². The van der Waals surface area contributed by atoms with E-state index in [1.54, 1.807) is 26.7 Å². The van der Waals surface area contributed by atoms with Gasteiger partial charge in [0.05, 0.1) is 43.9 Å². The van der Waals surface area contributed by atoms with Crippen LogP contribution in [0.15, 0.2) is 18.6 Å². The summed E-state index contributed by atoms with van der Waals surface area (Å²) in [5.74, 6) is 0. The van der Waals surface area contributed by atoms with Crippen LogP contribution in [0.25, 0.3) is 22.6 Å². The topological polar surface area (TPSA) is 113 Å². The largest absolute Gasteiger partial charge is 0.444 e. The number of hydrogen-bond donors (Lipinski definition) is 0. The summed E-state index contributed by atoms with van der Waals surface area (Å²) < 4.78 is 14.6. The average molecular weight is 400 g/mol. The maximum Gasteiger partial charge on any atom is 0.410 e. The molecule has 1 amide bonds. The fourth-order valence-electron chi connectivity index (χ4n) is 3.09. The predicted molar refractivity (Wildman–Crippen MR) is 103 cm³/mol. The minimum Gasteiger partial charge on any atom is -0.444 e. The molecule has 0 unspecified atom stereocenters. The lowest BCUT2D eigenvalue weighted by molar-refractivity contribution is -0.0481. The van der Waals surface area contributed by atoms with Gasteiger partial charge < -0.3 is 14.4 Å². The molecular formula is C18H24N8O3. The van der Waals surface area contributed by atoms with Gasteiger partial charge in [0.15, 0.2) is 5.65 Å². The first kappa shape index (κ1) is 19.2. The summed E-state index contributed by atoms with van der Waals surface area (Å²) in [4.78, 5) is 23.0. The molecule has 0 N–H and O–H groups in total. The summed E-state index contributed by atoms with van der Waals surface area (Å²) in [6.07, 6.45) is 4.69. The van der Waals surface area contributed by atoms with Crippen molar-refractivity contribution in [2.75, 3.05) is 19.7 Å². The third-order valence-electron chi connectivity index (χ3n) is 4.40. The number of carbonyl (C=O) groups excluding carboxylic acids is 1. The van der Waals surface area contributed by atoms with Crippen LogP contribution in [0.4, 0.5) is 4.79 Å². The van der Waals surface area contributed by atoms with E-state index in [2.05, 4.69) is 25.4 Å². The summed E-state index contributed by atoms with van der Waals surface area (Å²) in [5.41, 5.74) is 2.03. The van der Waals surface area contributed by atoms with Gasteiger partial charge in [-0.3, -0.25) is 4.68 Å². The van der Waals surface area contributed by atoms with Crippen molar-refractivity contribution in [3.63, 3.8) is 0 Å². The highest BCUT2D eigenvalue weighted by molar-refractivity contribution is 5.69. The molecule has 1 fully saturated rings. The van der Waals surface area contributed by atoms with Gasteiger partial charge in [-0.25, -0.2) is 19.4 Å². The smallest absolute Gasteiger partial charge is 0.410 e. The predicted octanol–water partition coefficient (Wildman–Crippen LogP) is 1.26. The Morgan fingerprint density at radius 3 is 2.90 bits per heavy atom. The van der Waals surface area contributed by atoms with Crippen LogP contribution in [0.5, 0.6) is 0 Å². The van der Waals surface area contributed by atoms with E-state index < -0.39 is 5.60 Å². The Morgan fingerprint density at radius 1 is 1.34 bits per heavy atom. The van der Waals surface area contributed by atoms with Gasteiger partial charge in [0, 0.05) is 25.4 Å². The Labute approximate surface area is 167 Å². The highest BCUT2D eigenvalue weighted by atomic mass is 16.6. The third kappa shape index (κ3) is 4.34. The van der Waals surface area contributed by atoms with Crippen LogP contribution < -0.4 is 0 Å². The minimum absolute atomic E-state index is 0.235. The number of rotatable bonds is 3. The zero-order valence-corrected chi connectivity index (χ0v) is 16.9. The molecule has 0 radical (unpaired) electrons. The van der Waals surface area contributed by atoms with Gasteiger partial charge >= 0.3 is 6.09 Å². The molecule has 0 aromatic carbocycles. The van der Waals surface area contributed by atoms with Crippen molar-refractivity contribution >= 4 is 17.4 Å². The Morgan fingerprint density at radius 2 is 2.17 bits per heavy atom. The first-order valence-corrected chi connectivity index (χ1v) is 9.43. The van der Waals surface area contributed by atoms with E-state index in [4.69, 9.17) is 9.47 Å². The summed E-state index contributed by atoms with van der Waals surface area (Å²) in [6.45, 7) is 7.31. The molecular weight excluding hydrogens is 376 g/mol. The number of aromatic nitrogens is 7. The molecule has 0 aliphatic carbocycles. The highest BCUT2D eigenvalue weighted by Crippen LogP contribution is 2.18. The maximum absolute atomic E-state index is 12.3. The van der Waals surface area contributed by atoms with Crippen molar-refractivity contribution in [2.24, 2.45) is 7.05 Å². The van der Waals surface area contributed by atoms with E-state index in [1.165, 1.54) is 0 Å². The number of aryl methyl sites for hydroxylation is 1. The van der Waals surface area contributed by atoms with Crippen molar-refractivity contribution < 1.29 is 14.3 Å². The molecule has 3 aromatic rings. The number of fused-ring (bicyclic) bond motifs is 1. The van der Waals surface area contributed by atoms with Crippen molar-refractivity contribution in [3.05, 3.63) is 18.6 Å². The normalized spacial score (nSPS) is 17.7. The van der Waals surface area contributed by atoms with Crippen molar-refractivity contribution in [1.29, 1.82) is 0 Å². The molecule has 1 aliphatic heterocycles. The first-order chi connectivity index (χ1) is 13.8. The molecule has 11 nitrogen and oxygen atoms in total. The lowest BCUT2D eigenvalue weighted by Gasteiger charge is -2.34. The van der Waals surface area contributed by atoms with Crippen molar-refractivity contribution in [3.8, 4) is 11.3 Å². The second-order valence-corrected chi connectivity index (χ2v) is 8.00. The second kappa shape index (κ2) is 7.39. The van der Waals surface area contributed by atoms with Crippen LogP contribution in [0, 0.1) is 0 Å². The molecule has 0 spiro atoms. The number of nitrogens with zero attached hydrogens (tertiary/aromatic N) is 8. The number of amides is 1. The lowest BCUT2D eigenvalue weighted by Crippen LogP contribution is -2.48. The SMILES string of the molecule is Cn1cc(-c2cnc3c(nnn3C[C@@H]3CN(C(=O)OC(C)(C)C)CCO3)n2)cn1. The Hall–Kier alpha value is -3.08. The molecule has 29 heavy (non-hydrogen) atoms. The van der Waals surface area contributed by atoms with Crippen LogP contribution in [0.1, 0.15) is 20.8 Å². The van der Waals surface area contributed by atoms with Crippen LogP contribution in [-0.4, -0.2) is 77.1 Å². The summed E-state index contributed by atoms with van der Waals surface area (Å²) in [5, 5.41) is 12.4. The fraction of sp³-hybridized carbons (Fsp3) is 0.556. The van der Waals surface area contributed by atoms with E-state index in [9.17, 15) is 4.79 Å². The quantitative estimate of drug-likeness (QED) is 0.646. The van der Waals surface area contributed by atoms with E-state index in [-0.39, 0.29) is 12.2 Å². The summed E-state index contributed by atoms with van der Waals surface area (Å²) in [7, 11) is 1.84. The molecule has 3 aromatic heterocycles. The Bertz CT molecular complexity index is 1020. The molecule has 1 saturated heterocycles. The number of hydrogen-bond acceptors (Lipinski definition) is 8. The first-order valence-electron chi connectivity index (χ1n) is 9.43. The van der Waals surface area contributed by atoms with Gasteiger partial charge in [0.1, 0.15) is 5.60 Å². The third-order valence-corrected chi connectivity index (χ3v) is 4.40. The molecule has 4 heterocycles. The molecule has 1 aliphatic rings. The molecule has 1 atom stereocenters. The van der Waals surface area contributed by atoms with Crippen molar-refractivity contribution in [1.82, 2.24) is 39.6 Å². The summed E-state index contributed by atoms with van der Waals surface area (Å²) >= 11 is 0. The van der Waals surface area contributed by atoms with Gasteiger partial charge in [-0.2, -0.15) is 5.10 Å². The number of morpholine rings is 1. The molecule has 0 saturated carbocycles. The number of ether oxygens (including phenoxy) is 2. The maximum atomic E-state index is 12.3. The van der Waals surface area contributed by atoms with Crippen LogP contribution in [-0.2, 0) is 23.1 Å². The molecule has 4 rings (SSSR count). The zero-order valence-electron chi connectivity index (χ0n) is 16.9. The lowest BCUT2D eigenvalue weighted by atomic mass is 10.2. The highest BCUT2D eigenvalue weighted by Gasteiger charge is 2.29. The average Bonchev–Trinajstić information content (AvgIpc) is 3.27. The second-order valence-electron chi connectivity index (χ2n) is 8.00. The van der Waals surface area contributed by atoms with Gasteiger partial charge in [0.25, 0.3) is 0 Å². The molecule has 11 heteroatoms. The zero-order chi connectivity index (χ0) is 20.6. The van der Waals surface area contributed by atoms with Crippen LogP contribution in [0.3, 0.4) is 0 Å². The van der Waals surface area contributed by atoms with Gasteiger partial charge in [0.2, 0.25) is 5.65 Å².